The first-order chi connectivity index (χ1) is 13.1. The number of para-hydroxylation sites is 1. The Morgan fingerprint density at radius 3 is 1.96 bits per heavy atom. The average molecular weight is 518 g/mol. The van der Waals surface area contributed by atoms with Crippen LogP contribution in [0.15, 0.2) is 91.0 Å². The third-order valence-corrected chi connectivity index (χ3v) is 7.41. The zero-order valence-corrected chi connectivity index (χ0v) is 18.8. The Labute approximate surface area is 187 Å². The Kier molecular flexibility index (Phi) is 6.43. The van der Waals surface area contributed by atoms with E-state index in [0.717, 1.165) is 11.3 Å². The standard InChI is InChI=1S/C22H17BrN2OS.BrH/c23-22(17-12-6-2-7-13-17)20(19(26)16-10-4-1-5-11-16)27-21(24)25(22)18-14-8-3-9-15-18;/h1-15,20,24H;1H. The maximum absolute atomic E-state index is 13.4. The predicted molar refractivity (Wildman–Crippen MR) is 115 cm³/mol. The van der Waals surface area contributed by atoms with Crippen LogP contribution in [-0.4, -0.2) is 20.8 Å². The fourth-order valence-corrected chi connectivity index (χ4v) is 5.86. The van der Waals surface area contributed by atoms with Gasteiger partial charge in [-0.05, 0) is 39.8 Å². The van der Waals surface area contributed by atoms with Crippen molar-refractivity contribution in [2.24, 2.45) is 5.73 Å². The maximum atomic E-state index is 13.4. The highest BCUT2D eigenvalue weighted by atomic mass is 79.9. The molecule has 1 aliphatic heterocycles. The number of hydrogen-bond donors (Lipinski definition) is 1. The minimum Gasteiger partial charge on any atom is -1.00 e. The summed E-state index contributed by atoms with van der Waals surface area (Å²) in [4.78, 5) is 13.4. The number of nitrogens with two attached hydrogens (primary N) is 1. The molecule has 0 spiro atoms. The summed E-state index contributed by atoms with van der Waals surface area (Å²) in [7, 11) is 0. The molecule has 0 fully saturated rings. The molecule has 4 rings (SSSR count). The Balaban J connectivity index is 0.00000225. The molecule has 2 atom stereocenters. The van der Waals surface area contributed by atoms with Crippen molar-refractivity contribution in [2.75, 3.05) is 0 Å². The Hall–Kier alpha value is -1.89. The monoisotopic (exact) mass is 516 g/mol. The van der Waals surface area contributed by atoms with Gasteiger partial charge in [0.05, 0.1) is 0 Å². The van der Waals surface area contributed by atoms with Crippen LogP contribution in [0.25, 0.3) is 0 Å². The van der Waals surface area contributed by atoms with E-state index in [2.05, 4.69) is 15.9 Å². The second-order valence-corrected chi connectivity index (χ2v) is 8.61. The van der Waals surface area contributed by atoms with E-state index in [4.69, 9.17) is 5.73 Å². The van der Waals surface area contributed by atoms with Gasteiger partial charge in [0, 0.05) is 11.1 Å². The number of carbonyl (C=O) groups is 1. The van der Waals surface area contributed by atoms with Crippen molar-refractivity contribution in [1.82, 2.24) is 0 Å². The van der Waals surface area contributed by atoms with Gasteiger partial charge in [0.1, 0.15) is 10.9 Å². The molecule has 0 radical (unpaired) electrons. The van der Waals surface area contributed by atoms with Crippen LogP contribution in [0, 0.1) is 0 Å². The first-order valence-electron chi connectivity index (χ1n) is 8.60. The van der Waals surface area contributed by atoms with Gasteiger partial charge in [0.2, 0.25) is 4.45 Å². The number of amidine groups is 1. The van der Waals surface area contributed by atoms with Gasteiger partial charge in [0.15, 0.2) is 5.78 Å². The summed E-state index contributed by atoms with van der Waals surface area (Å²) in [6.07, 6.45) is 0. The van der Waals surface area contributed by atoms with Crippen molar-refractivity contribution in [1.29, 1.82) is 0 Å². The molecule has 0 bridgehead atoms. The first kappa shape index (κ1) is 20.8. The third-order valence-electron chi connectivity index (χ3n) is 4.62. The Bertz CT molecular complexity index is 997. The molecule has 6 heteroatoms. The fraction of sp³-hybridized carbons (Fsp3) is 0.0909. The minimum absolute atomic E-state index is 0. The van der Waals surface area contributed by atoms with Crippen molar-refractivity contribution < 1.29 is 26.4 Å². The second-order valence-electron chi connectivity index (χ2n) is 6.28. The predicted octanol–water partition coefficient (Wildman–Crippen LogP) is 1.90. The molecule has 28 heavy (non-hydrogen) atoms. The largest absolute Gasteiger partial charge is 1.00 e. The number of hydrogen-bond acceptors (Lipinski definition) is 3. The number of thioether (sulfide) groups is 1. The summed E-state index contributed by atoms with van der Waals surface area (Å²) in [5, 5.41) is 0.165. The van der Waals surface area contributed by atoms with E-state index >= 15 is 0 Å². The number of alkyl halides is 1. The average Bonchev–Trinajstić information content (AvgIpc) is 3.01. The maximum Gasteiger partial charge on any atom is 0.311 e. The number of nitrogens with zero attached hydrogens (tertiary/aromatic N) is 1. The molecule has 3 aromatic carbocycles. The van der Waals surface area contributed by atoms with Crippen molar-refractivity contribution in [3.05, 3.63) is 102 Å². The number of benzene rings is 3. The Morgan fingerprint density at radius 1 is 0.893 bits per heavy atom. The molecule has 0 aromatic heterocycles. The number of carbonyl (C=O) groups excluding carboxylic acids is 1. The van der Waals surface area contributed by atoms with Crippen molar-refractivity contribution in [3.63, 3.8) is 0 Å². The topological polar surface area (TPSA) is 46.1 Å². The van der Waals surface area contributed by atoms with Gasteiger partial charge >= 0.3 is 5.17 Å². The molecule has 1 heterocycles. The van der Waals surface area contributed by atoms with Gasteiger partial charge in [-0.3, -0.25) is 10.5 Å². The van der Waals surface area contributed by atoms with Crippen LogP contribution in [0.1, 0.15) is 15.9 Å². The zero-order valence-electron chi connectivity index (χ0n) is 14.8. The lowest BCUT2D eigenvalue weighted by Crippen LogP contribution is -3.00. The van der Waals surface area contributed by atoms with E-state index in [-0.39, 0.29) is 22.8 Å². The van der Waals surface area contributed by atoms with Crippen LogP contribution in [-0.2, 0) is 4.45 Å². The van der Waals surface area contributed by atoms with Crippen molar-refractivity contribution >= 4 is 44.3 Å². The van der Waals surface area contributed by atoms with Crippen LogP contribution >= 0.6 is 27.7 Å². The van der Waals surface area contributed by atoms with Gasteiger partial charge in [-0.25, -0.2) is 4.58 Å². The van der Waals surface area contributed by atoms with Crippen LogP contribution in [0.3, 0.4) is 0 Å². The lowest BCUT2D eigenvalue weighted by atomic mass is 9.96. The highest BCUT2D eigenvalue weighted by Crippen LogP contribution is 2.50. The quantitative estimate of drug-likeness (QED) is 0.249. The molecule has 0 saturated carbocycles. The molecule has 0 saturated heterocycles. The summed E-state index contributed by atoms with van der Waals surface area (Å²) in [5.41, 5.74) is 9.05. The number of halogens is 2. The van der Waals surface area contributed by atoms with E-state index in [1.165, 1.54) is 11.8 Å². The molecule has 0 amide bonds. The normalized spacial score (nSPS) is 21.2. The molecule has 1 aliphatic rings. The summed E-state index contributed by atoms with van der Waals surface area (Å²) in [6.45, 7) is 0. The van der Waals surface area contributed by atoms with Crippen LogP contribution < -0.4 is 22.7 Å². The van der Waals surface area contributed by atoms with E-state index in [9.17, 15) is 4.79 Å². The number of ketones is 1. The first-order valence-corrected chi connectivity index (χ1v) is 10.3. The van der Waals surface area contributed by atoms with Crippen molar-refractivity contribution in [3.8, 4) is 0 Å². The van der Waals surface area contributed by atoms with E-state index in [0.29, 0.717) is 10.7 Å². The van der Waals surface area contributed by atoms with E-state index < -0.39 is 9.70 Å². The van der Waals surface area contributed by atoms with Gasteiger partial charge in [-0.1, -0.05) is 78.9 Å². The van der Waals surface area contributed by atoms with Crippen molar-refractivity contribution in [2.45, 2.75) is 9.70 Å². The zero-order chi connectivity index (χ0) is 18.9. The minimum atomic E-state index is -0.780. The highest BCUT2D eigenvalue weighted by Gasteiger charge is 2.57. The lowest BCUT2D eigenvalue weighted by Gasteiger charge is -2.29. The summed E-state index contributed by atoms with van der Waals surface area (Å²) >= 11 is 5.34. The molecule has 142 valence electrons. The molecule has 2 N–H and O–H groups in total. The van der Waals surface area contributed by atoms with Crippen LogP contribution in [0.5, 0.6) is 0 Å². The lowest BCUT2D eigenvalue weighted by molar-refractivity contribution is -0.498. The fourth-order valence-electron chi connectivity index (χ4n) is 3.35. The molecule has 2 unspecified atom stereocenters. The van der Waals surface area contributed by atoms with E-state index in [1.807, 2.05) is 95.6 Å². The highest BCUT2D eigenvalue weighted by molar-refractivity contribution is 9.09. The number of Topliss-reactive ketones (excluding diaryl/α,β-unsaturated/α-hetero) is 1. The summed E-state index contributed by atoms with van der Waals surface area (Å²) in [6, 6.07) is 29.3. The smallest absolute Gasteiger partial charge is 0.311 e. The van der Waals surface area contributed by atoms with Crippen LogP contribution in [0.2, 0.25) is 0 Å². The van der Waals surface area contributed by atoms with E-state index in [1.54, 1.807) is 0 Å². The molecule has 0 aliphatic carbocycles. The van der Waals surface area contributed by atoms with Gasteiger partial charge < -0.3 is 17.0 Å². The molecule has 3 aromatic rings. The summed E-state index contributed by atoms with van der Waals surface area (Å²) in [5.74, 6) is 0.0442. The second kappa shape index (κ2) is 8.64. The van der Waals surface area contributed by atoms with Crippen LogP contribution in [0.4, 0.5) is 5.69 Å². The van der Waals surface area contributed by atoms with Gasteiger partial charge in [-0.2, -0.15) is 0 Å². The number of rotatable bonds is 4. The van der Waals surface area contributed by atoms with Gasteiger partial charge in [0.25, 0.3) is 0 Å². The molecule has 3 nitrogen and oxygen atoms in total. The van der Waals surface area contributed by atoms with Gasteiger partial charge in [-0.15, -0.1) is 0 Å². The summed E-state index contributed by atoms with van der Waals surface area (Å²) < 4.78 is 1.23. The molecular formula is C22H18Br2N2OS. The third kappa shape index (κ3) is 3.56. The Morgan fingerprint density at radius 2 is 1.39 bits per heavy atom. The molecular weight excluding hydrogens is 500 g/mol. The SMILES string of the molecule is NC1=[N+](c2ccccc2)C(Br)(c2ccccc2)C(C(=O)c2ccccc2)S1.[Br-].